The van der Waals surface area contributed by atoms with Crippen molar-refractivity contribution in [3.05, 3.63) is 24.0 Å². The Bertz CT molecular complexity index is 614. The summed E-state index contributed by atoms with van der Waals surface area (Å²) in [5.41, 5.74) is 1.03. The number of benzene rings is 1. The van der Waals surface area contributed by atoms with Gasteiger partial charge in [0, 0.05) is 11.7 Å². The summed E-state index contributed by atoms with van der Waals surface area (Å²) in [7, 11) is -3.49. The molecule has 0 bridgehead atoms. The zero-order valence-corrected chi connectivity index (χ0v) is 13.6. The van der Waals surface area contributed by atoms with Gasteiger partial charge in [-0.15, -0.1) is 0 Å². The van der Waals surface area contributed by atoms with Crippen molar-refractivity contribution >= 4 is 21.4 Å². The van der Waals surface area contributed by atoms with E-state index in [9.17, 15) is 12.8 Å². The molecular formula is C15H23FN2O2S. The van der Waals surface area contributed by atoms with Gasteiger partial charge < -0.3 is 5.32 Å². The second-order valence-electron chi connectivity index (χ2n) is 6.67. The Kier molecular flexibility index (Phi) is 4.46. The van der Waals surface area contributed by atoms with E-state index in [-0.39, 0.29) is 5.69 Å². The Morgan fingerprint density at radius 3 is 2.67 bits per heavy atom. The monoisotopic (exact) mass is 314 g/mol. The van der Waals surface area contributed by atoms with Crippen LogP contribution in [0.3, 0.4) is 0 Å². The summed E-state index contributed by atoms with van der Waals surface area (Å²) in [4.78, 5) is 0. The fourth-order valence-corrected chi connectivity index (χ4v) is 3.51. The highest BCUT2D eigenvalue weighted by molar-refractivity contribution is 7.92. The minimum absolute atomic E-state index is 0.0161. The maximum Gasteiger partial charge on any atom is 0.229 e. The molecule has 0 radical (unpaired) electrons. The van der Waals surface area contributed by atoms with Gasteiger partial charge in [-0.2, -0.15) is 0 Å². The van der Waals surface area contributed by atoms with Crippen molar-refractivity contribution in [2.45, 2.75) is 45.6 Å². The van der Waals surface area contributed by atoms with Crippen molar-refractivity contribution in [2.75, 3.05) is 16.3 Å². The summed E-state index contributed by atoms with van der Waals surface area (Å²) >= 11 is 0. The van der Waals surface area contributed by atoms with Crippen LogP contribution in [0.1, 0.15) is 39.5 Å². The third kappa shape index (κ3) is 4.88. The molecule has 0 aromatic heterocycles. The van der Waals surface area contributed by atoms with Gasteiger partial charge in [-0.1, -0.05) is 20.3 Å². The molecule has 1 aliphatic carbocycles. The molecule has 118 valence electrons. The molecule has 1 aliphatic rings. The Hall–Kier alpha value is -1.30. The van der Waals surface area contributed by atoms with Crippen LogP contribution in [-0.4, -0.2) is 20.7 Å². The first-order valence-corrected chi connectivity index (χ1v) is 9.08. The predicted octanol–water partition coefficient (Wildman–Crippen LogP) is 3.58. The minimum atomic E-state index is -3.49. The van der Waals surface area contributed by atoms with E-state index in [0.29, 0.717) is 11.5 Å². The van der Waals surface area contributed by atoms with Crippen molar-refractivity contribution in [3.63, 3.8) is 0 Å². The molecule has 0 aliphatic heterocycles. The largest absolute Gasteiger partial charge is 0.382 e. The molecule has 2 rings (SSSR count). The van der Waals surface area contributed by atoms with E-state index < -0.39 is 15.8 Å². The van der Waals surface area contributed by atoms with Crippen LogP contribution in [-0.2, 0) is 10.0 Å². The first-order valence-electron chi connectivity index (χ1n) is 7.19. The third-order valence-corrected chi connectivity index (χ3v) is 4.43. The lowest BCUT2D eigenvalue weighted by atomic mass is 9.75. The highest BCUT2D eigenvalue weighted by Crippen LogP contribution is 2.36. The fourth-order valence-electron chi connectivity index (χ4n) is 2.95. The molecule has 4 nitrogen and oxygen atoms in total. The molecule has 1 fully saturated rings. The number of nitrogens with one attached hydrogen (secondary N) is 2. The van der Waals surface area contributed by atoms with E-state index in [1.54, 1.807) is 6.07 Å². The van der Waals surface area contributed by atoms with Crippen molar-refractivity contribution < 1.29 is 12.8 Å². The van der Waals surface area contributed by atoms with Gasteiger partial charge in [-0.05, 0) is 42.9 Å². The molecule has 1 atom stereocenters. The summed E-state index contributed by atoms with van der Waals surface area (Å²) in [6.45, 7) is 4.50. The standard InChI is InChI=1S/C15H23FN2O2S/c1-15(2)8-4-5-12(10-15)17-11-6-7-13(16)14(9-11)18-21(3,19)20/h6-7,9,12,17-18H,4-5,8,10H2,1-3H3. The molecule has 2 N–H and O–H groups in total. The molecular weight excluding hydrogens is 291 g/mol. The topological polar surface area (TPSA) is 58.2 Å². The average molecular weight is 314 g/mol. The van der Waals surface area contributed by atoms with Gasteiger partial charge >= 0.3 is 0 Å². The van der Waals surface area contributed by atoms with E-state index in [2.05, 4.69) is 23.9 Å². The predicted molar refractivity (Wildman–Crippen MR) is 84.5 cm³/mol. The van der Waals surface area contributed by atoms with Crippen LogP contribution in [0.4, 0.5) is 15.8 Å². The lowest BCUT2D eigenvalue weighted by molar-refractivity contribution is 0.229. The van der Waals surface area contributed by atoms with Crippen molar-refractivity contribution in [3.8, 4) is 0 Å². The molecule has 1 saturated carbocycles. The third-order valence-electron chi connectivity index (χ3n) is 3.84. The minimum Gasteiger partial charge on any atom is -0.382 e. The number of sulfonamides is 1. The zero-order valence-electron chi connectivity index (χ0n) is 12.7. The second-order valence-corrected chi connectivity index (χ2v) is 8.42. The number of hydrogen-bond donors (Lipinski definition) is 2. The van der Waals surface area contributed by atoms with E-state index in [1.165, 1.54) is 25.0 Å². The summed E-state index contributed by atoms with van der Waals surface area (Å²) in [6.07, 6.45) is 5.53. The second kappa shape index (κ2) is 5.83. The van der Waals surface area contributed by atoms with Crippen LogP contribution < -0.4 is 10.0 Å². The zero-order chi connectivity index (χ0) is 15.7. The molecule has 0 saturated heterocycles. The Balaban J connectivity index is 2.12. The number of halogens is 1. The normalized spacial score (nSPS) is 21.8. The molecule has 0 amide bonds. The van der Waals surface area contributed by atoms with Gasteiger partial charge in [-0.25, -0.2) is 12.8 Å². The molecule has 0 heterocycles. The first-order chi connectivity index (χ1) is 9.65. The summed E-state index contributed by atoms with van der Waals surface area (Å²) in [6, 6.07) is 4.77. The molecule has 1 aromatic rings. The molecule has 1 aromatic carbocycles. The van der Waals surface area contributed by atoms with Gasteiger partial charge in [0.25, 0.3) is 0 Å². The van der Waals surface area contributed by atoms with Crippen LogP contribution in [0, 0.1) is 11.2 Å². The van der Waals surface area contributed by atoms with E-state index in [4.69, 9.17) is 0 Å². The van der Waals surface area contributed by atoms with Crippen LogP contribution in [0.2, 0.25) is 0 Å². The van der Waals surface area contributed by atoms with E-state index in [1.807, 2.05) is 0 Å². The van der Waals surface area contributed by atoms with Crippen molar-refractivity contribution in [1.82, 2.24) is 0 Å². The van der Waals surface area contributed by atoms with Gasteiger partial charge in [0.15, 0.2) is 0 Å². The van der Waals surface area contributed by atoms with Crippen molar-refractivity contribution in [2.24, 2.45) is 5.41 Å². The van der Waals surface area contributed by atoms with E-state index in [0.717, 1.165) is 24.8 Å². The Morgan fingerprint density at radius 1 is 1.33 bits per heavy atom. The number of rotatable bonds is 4. The Morgan fingerprint density at radius 2 is 2.05 bits per heavy atom. The van der Waals surface area contributed by atoms with Crippen LogP contribution in [0.15, 0.2) is 18.2 Å². The quantitative estimate of drug-likeness (QED) is 0.893. The summed E-state index contributed by atoms with van der Waals surface area (Å²) < 4.78 is 38.3. The lowest BCUT2D eigenvalue weighted by Crippen LogP contribution is -2.31. The van der Waals surface area contributed by atoms with Crippen LogP contribution in [0.5, 0.6) is 0 Å². The van der Waals surface area contributed by atoms with Crippen molar-refractivity contribution in [1.29, 1.82) is 0 Å². The van der Waals surface area contributed by atoms with Gasteiger partial charge in [-0.3, -0.25) is 4.72 Å². The highest BCUT2D eigenvalue weighted by atomic mass is 32.2. The highest BCUT2D eigenvalue weighted by Gasteiger charge is 2.27. The molecule has 21 heavy (non-hydrogen) atoms. The van der Waals surface area contributed by atoms with Gasteiger partial charge in [0.2, 0.25) is 10.0 Å². The smallest absolute Gasteiger partial charge is 0.229 e. The summed E-state index contributed by atoms with van der Waals surface area (Å²) in [5, 5.41) is 3.39. The average Bonchev–Trinajstić information content (AvgIpc) is 2.30. The van der Waals surface area contributed by atoms with Gasteiger partial charge in [0.1, 0.15) is 5.82 Å². The molecule has 0 spiro atoms. The SMILES string of the molecule is CC1(C)CCCC(Nc2ccc(F)c(NS(C)(=O)=O)c2)C1. The summed E-state index contributed by atoms with van der Waals surface area (Å²) in [5.74, 6) is -0.574. The van der Waals surface area contributed by atoms with E-state index >= 15 is 0 Å². The maximum atomic E-state index is 13.6. The lowest BCUT2D eigenvalue weighted by Gasteiger charge is -2.36. The number of anilines is 2. The molecule has 6 heteroatoms. The Labute approximate surface area is 126 Å². The van der Waals surface area contributed by atoms with Crippen LogP contribution in [0.25, 0.3) is 0 Å². The molecule has 1 unspecified atom stereocenters. The maximum absolute atomic E-state index is 13.6. The fraction of sp³-hybridized carbons (Fsp3) is 0.600. The van der Waals surface area contributed by atoms with Crippen LogP contribution >= 0.6 is 0 Å². The first kappa shape index (κ1) is 16.1. The van der Waals surface area contributed by atoms with Gasteiger partial charge in [0.05, 0.1) is 11.9 Å². The number of hydrogen-bond acceptors (Lipinski definition) is 3.